The fourth-order valence-corrected chi connectivity index (χ4v) is 5.79. The van der Waals surface area contributed by atoms with E-state index in [1.54, 1.807) is 16.7 Å². The molecule has 4 aliphatic rings. The first-order valence-corrected chi connectivity index (χ1v) is 13.3. The van der Waals surface area contributed by atoms with E-state index >= 15 is 0 Å². The van der Waals surface area contributed by atoms with Gasteiger partial charge in [0.2, 0.25) is 0 Å². The summed E-state index contributed by atoms with van der Waals surface area (Å²) in [7, 11) is 0. The maximum atomic E-state index is 3.84. The van der Waals surface area contributed by atoms with E-state index in [0.717, 1.165) is 12.8 Å². The van der Waals surface area contributed by atoms with Crippen molar-refractivity contribution in [1.82, 2.24) is 0 Å². The van der Waals surface area contributed by atoms with Gasteiger partial charge in [-0.1, -0.05) is 121 Å². The van der Waals surface area contributed by atoms with Gasteiger partial charge in [-0.3, -0.25) is 0 Å². The monoisotopic (exact) mass is 452 g/mol. The highest BCUT2D eigenvalue weighted by molar-refractivity contribution is 5.64. The van der Waals surface area contributed by atoms with Gasteiger partial charge >= 0.3 is 0 Å². The minimum atomic E-state index is 0.131. The second-order valence-corrected chi connectivity index (χ2v) is 12.5. The molecule has 0 aromatic heterocycles. The average molecular weight is 453 g/mol. The van der Waals surface area contributed by atoms with Crippen LogP contribution in [0.25, 0.3) is 0 Å². The maximum Gasteiger partial charge on any atom is 0.0278 e. The normalized spacial score (nSPS) is 25.1. The van der Waals surface area contributed by atoms with Crippen molar-refractivity contribution in [3.63, 3.8) is 0 Å². The molecule has 180 valence electrons. The van der Waals surface area contributed by atoms with E-state index in [1.165, 1.54) is 35.1 Å². The van der Waals surface area contributed by atoms with Crippen molar-refractivity contribution in [3.8, 4) is 0 Å². The van der Waals surface area contributed by atoms with Crippen molar-refractivity contribution in [2.45, 2.75) is 74.1 Å². The van der Waals surface area contributed by atoms with Crippen LogP contribution in [0.15, 0.2) is 106 Å². The van der Waals surface area contributed by atoms with Gasteiger partial charge < -0.3 is 0 Å². The van der Waals surface area contributed by atoms with E-state index in [2.05, 4.69) is 110 Å². The van der Waals surface area contributed by atoms with Gasteiger partial charge in [-0.15, -0.1) is 0 Å². The molecule has 0 N–H and O–H groups in total. The molecule has 0 aliphatic heterocycles. The Labute approximate surface area is 209 Å². The van der Waals surface area contributed by atoms with Crippen LogP contribution >= 0.6 is 0 Å². The van der Waals surface area contributed by atoms with Crippen LogP contribution in [0.3, 0.4) is 0 Å². The van der Waals surface area contributed by atoms with Gasteiger partial charge in [0.15, 0.2) is 0 Å². The molecule has 0 radical (unpaired) electrons. The van der Waals surface area contributed by atoms with Crippen molar-refractivity contribution < 1.29 is 0 Å². The number of allylic oxidation sites excluding steroid dienone is 17. The van der Waals surface area contributed by atoms with Gasteiger partial charge in [0, 0.05) is 11.8 Å². The third kappa shape index (κ3) is 4.88. The maximum absolute atomic E-state index is 3.84. The predicted molar refractivity (Wildman–Crippen MR) is 149 cm³/mol. The summed E-state index contributed by atoms with van der Waals surface area (Å²) in [4.78, 5) is 0. The molecule has 0 saturated heterocycles. The SMILES string of the molecule is C=CC=CCCC(CC)C1=C2C=C(C(C)(C)C)C=C3C=CC4CC(C(C)(C)C)=CC(=C1)C4=CC32. The number of hydrogen-bond acceptors (Lipinski definition) is 0. The van der Waals surface area contributed by atoms with E-state index in [1.807, 2.05) is 6.08 Å². The standard InChI is InChI=1S/C34H44/c1-9-11-12-13-14-23(10-2)30-20-26-19-27(33(3,4)5)17-24-15-16-25-18-28(34(6,7)8)21-32(30)31(25)22-29(24)26/h9,11-12,15-16,18-24,31H,1,10,13-14,17H2,2-8H3. The highest BCUT2D eigenvalue weighted by Gasteiger charge is 2.36. The summed E-state index contributed by atoms with van der Waals surface area (Å²) in [6, 6.07) is 0. The molecule has 2 bridgehead atoms. The third-order valence-electron chi connectivity index (χ3n) is 8.06. The summed E-state index contributed by atoms with van der Waals surface area (Å²) in [5, 5.41) is 0. The average Bonchev–Trinajstić information content (AvgIpc) is 3.05. The molecule has 0 heterocycles. The highest BCUT2D eigenvalue weighted by Crippen LogP contribution is 2.50. The van der Waals surface area contributed by atoms with E-state index in [4.69, 9.17) is 0 Å². The van der Waals surface area contributed by atoms with Gasteiger partial charge in [0.05, 0.1) is 0 Å². The fraction of sp³-hybridized carbons (Fsp3) is 0.471. The van der Waals surface area contributed by atoms with E-state index in [9.17, 15) is 0 Å². The Morgan fingerprint density at radius 3 is 2.44 bits per heavy atom. The van der Waals surface area contributed by atoms with Crippen LogP contribution in [0.4, 0.5) is 0 Å². The predicted octanol–water partition coefficient (Wildman–Crippen LogP) is 9.79. The molecule has 0 fully saturated rings. The summed E-state index contributed by atoms with van der Waals surface area (Å²) in [5.74, 6) is 1.40. The lowest BCUT2D eigenvalue weighted by Gasteiger charge is -2.33. The minimum absolute atomic E-state index is 0.131. The van der Waals surface area contributed by atoms with Gasteiger partial charge in [-0.25, -0.2) is 0 Å². The molecule has 0 aromatic carbocycles. The van der Waals surface area contributed by atoms with E-state index in [0.29, 0.717) is 17.8 Å². The minimum Gasteiger partial charge on any atom is -0.0991 e. The van der Waals surface area contributed by atoms with Crippen LogP contribution in [0.2, 0.25) is 0 Å². The zero-order valence-corrected chi connectivity index (χ0v) is 22.5. The smallest absolute Gasteiger partial charge is 0.0278 e. The first-order chi connectivity index (χ1) is 16.0. The van der Waals surface area contributed by atoms with Gasteiger partial charge in [-0.05, 0) is 75.9 Å². The van der Waals surface area contributed by atoms with Crippen LogP contribution in [0, 0.1) is 28.6 Å². The summed E-state index contributed by atoms with van der Waals surface area (Å²) in [5.41, 5.74) is 10.9. The van der Waals surface area contributed by atoms with Crippen molar-refractivity contribution in [2.75, 3.05) is 0 Å². The van der Waals surface area contributed by atoms with Crippen molar-refractivity contribution in [1.29, 1.82) is 0 Å². The molecular weight excluding hydrogens is 408 g/mol. The molecule has 3 atom stereocenters. The number of hydrogen-bond donors (Lipinski definition) is 0. The molecule has 0 nitrogen and oxygen atoms in total. The molecule has 0 heteroatoms. The lowest BCUT2D eigenvalue weighted by molar-refractivity contribution is 0.463. The Kier molecular flexibility index (Phi) is 6.83. The zero-order valence-electron chi connectivity index (χ0n) is 22.5. The molecule has 0 spiro atoms. The molecular formula is C34H44. The highest BCUT2D eigenvalue weighted by atomic mass is 14.4. The Bertz CT molecular complexity index is 1090. The van der Waals surface area contributed by atoms with Crippen molar-refractivity contribution >= 4 is 0 Å². The largest absolute Gasteiger partial charge is 0.0991 e. The molecule has 4 aliphatic carbocycles. The van der Waals surface area contributed by atoms with E-state index < -0.39 is 0 Å². The van der Waals surface area contributed by atoms with Crippen LogP contribution in [-0.4, -0.2) is 0 Å². The third-order valence-corrected chi connectivity index (χ3v) is 8.06. The topological polar surface area (TPSA) is 0 Å². The molecule has 3 unspecified atom stereocenters. The molecule has 0 aromatic rings. The van der Waals surface area contributed by atoms with Gasteiger partial charge in [-0.2, -0.15) is 0 Å². The Morgan fingerprint density at radius 2 is 1.79 bits per heavy atom. The zero-order chi connectivity index (χ0) is 24.7. The van der Waals surface area contributed by atoms with Crippen molar-refractivity contribution in [3.05, 3.63) is 106 Å². The van der Waals surface area contributed by atoms with E-state index in [-0.39, 0.29) is 10.8 Å². The Hall–Kier alpha value is -2.34. The van der Waals surface area contributed by atoms with Crippen LogP contribution in [0.5, 0.6) is 0 Å². The second kappa shape index (κ2) is 9.37. The summed E-state index contributed by atoms with van der Waals surface area (Å²) in [6.07, 6.45) is 28.5. The molecule has 0 amide bonds. The van der Waals surface area contributed by atoms with Gasteiger partial charge in [0.25, 0.3) is 0 Å². The quantitative estimate of drug-likeness (QED) is 0.352. The van der Waals surface area contributed by atoms with Crippen LogP contribution < -0.4 is 0 Å². The lowest BCUT2D eigenvalue weighted by atomic mass is 9.72. The lowest BCUT2D eigenvalue weighted by Crippen LogP contribution is -2.19. The summed E-state index contributed by atoms with van der Waals surface area (Å²) >= 11 is 0. The number of rotatable bonds is 6. The molecule has 34 heavy (non-hydrogen) atoms. The fourth-order valence-electron chi connectivity index (χ4n) is 5.79. The Morgan fingerprint density at radius 1 is 1.03 bits per heavy atom. The van der Waals surface area contributed by atoms with Crippen LogP contribution in [-0.2, 0) is 0 Å². The molecule has 4 rings (SSSR count). The second-order valence-electron chi connectivity index (χ2n) is 12.5. The first-order valence-electron chi connectivity index (χ1n) is 13.3. The summed E-state index contributed by atoms with van der Waals surface area (Å²) < 4.78 is 0. The molecule has 0 saturated carbocycles. The Balaban J connectivity index is 1.93. The van der Waals surface area contributed by atoms with Gasteiger partial charge in [0.1, 0.15) is 0 Å². The van der Waals surface area contributed by atoms with Crippen LogP contribution in [0.1, 0.15) is 74.1 Å². The van der Waals surface area contributed by atoms with Crippen molar-refractivity contribution in [2.24, 2.45) is 28.6 Å². The summed E-state index contributed by atoms with van der Waals surface area (Å²) in [6.45, 7) is 20.3. The first kappa shape index (κ1) is 24.8.